The summed E-state index contributed by atoms with van der Waals surface area (Å²) < 4.78 is 32.2. The number of anilines is 1. The Morgan fingerprint density at radius 1 is 1.19 bits per heavy atom. The lowest BCUT2D eigenvalue weighted by molar-refractivity contribution is -0.385. The summed E-state index contributed by atoms with van der Waals surface area (Å²) in [4.78, 5) is 22.9. The number of amides is 1. The first-order valence-corrected chi connectivity index (χ1v) is 8.52. The summed E-state index contributed by atoms with van der Waals surface area (Å²) in [5, 5.41) is 14.9. The van der Waals surface area contributed by atoms with E-state index < -0.39 is 22.5 Å². The summed E-state index contributed by atoms with van der Waals surface area (Å²) in [6.45, 7) is 0.0168. The van der Waals surface area contributed by atoms with E-state index in [-0.39, 0.29) is 28.6 Å². The maximum absolute atomic E-state index is 13.6. The molecule has 1 N–H and O–H groups in total. The number of hydrogen-bond acceptors (Lipinski definition) is 5. The molecule has 0 atom stereocenters. The third kappa shape index (κ3) is 4.45. The number of ether oxygens (including phenoxy) is 1. The number of hydrogen-bond donors (Lipinski definition) is 1. The fraction of sp³-hybridized carbons (Fsp3) is 0.0556. The van der Waals surface area contributed by atoms with E-state index in [0.29, 0.717) is 5.56 Å². The van der Waals surface area contributed by atoms with Gasteiger partial charge < -0.3 is 10.1 Å². The number of carbonyl (C=O) groups excluding carboxylic acids is 1. The van der Waals surface area contributed by atoms with Gasteiger partial charge >= 0.3 is 5.69 Å². The summed E-state index contributed by atoms with van der Waals surface area (Å²) in [6, 6.07) is 10.2. The van der Waals surface area contributed by atoms with E-state index in [1.54, 1.807) is 11.4 Å². The maximum atomic E-state index is 13.6. The van der Waals surface area contributed by atoms with Crippen molar-refractivity contribution in [1.29, 1.82) is 0 Å². The summed E-state index contributed by atoms with van der Waals surface area (Å²) in [7, 11) is 0. The van der Waals surface area contributed by atoms with E-state index >= 15 is 0 Å². The van der Waals surface area contributed by atoms with Crippen molar-refractivity contribution >= 4 is 28.6 Å². The van der Waals surface area contributed by atoms with Gasteiger partial charge in [-0.2, -0.15) is 0 Å². The molecule has 0 saturated carbocycles. The first kappa shape index (κ1) is 18.5. The Balaban J connectivity index is 1.67. The molecule has 0 aliphatic carbocycles. The van der Waals surface area contributed by atoms with Crippen LogP contribution in [0.1, 0.15) is 15.2 Å². The van der Waals surface area contributed by atoms with E-state index in [1.165, 1.54) is 24.3 Å². The summed E-state index contributed by atoms with van der Waals surface area (Å²) in [5.74, 6) is -1.90. The molecule has 0 fully saturated rings. The topological polar surface area (TPSA) is 81.5 Å². The number of benzene rings is 2. The number of halogens is 2. The summed E-state index contributed by atoms with van der Waals surface area (Å²) in [6.07, 6.45) is 0. The zero-order valence-electron chi connectivity index (χ0n) is 13.6. The van der Waals surface area contributed by atoms with Crippen molar-refractivity contribution in [3.63, 3.8) is 0 Å². The van der Waals surface area contributed by atoms with Crippen LogP contribution in [-0.2, 0) is 6.61 Å². The largest absolute Gasteiger partial charge is 0.482 e. The Hall–Kier alpha value is -3.33. The SMILES string of the molecule is O=C(Nc1cc(F)ccc1F)c1cc(COc2ccccc2[N+](=O)[O-])cs1. The molecule has 0 aliphatic heterocycles. The van der Waals surface area contributed by atoms with Gasteiger partial charge in [0.2, 0.25) is 0 Å². The average molecular weight is 390 g/mol. The van der Waals surface area contributed by atoms with Crippen molar-refractivity contribution in [2.24, 2.45) is 0 Å². The normalized spacial score (nSPS) is 10.4. The highest BCUT2D eigenvalue weighted by Gasteiger charge is 2.16. The van der Waals surface area contributed by atoms with Crippen molar-refractivity contribution in [2.45, 2.75) is 6.61 Å². The van der Waals surface area contributed by atoms with Crippen LogP contribution in [0.3, 0.4) is 0 Å². The van der Waals surface area contributed by atoms with Gasteiger partial charge in [0.15, 0.2) is 5.75 Å². The minimum Gasteiger partial charge on any atom is -0.482 e. The van der Waals surface area contributed by atoms with Crippen LogP contribution in [0.2, 0.25) is 0 Å². The Bertz CT molecular complexity index is 1010. The van der Waals surface area contributed by atoms with E-state index in [1.807, 2.05) is 0 Å². The van der Waals surface area contributed by atoms with Crippen LogP contribution in [0.15, 0.2) is 53.9 Å². The van der Waals surface area contributed by atoms with E-state index in [2.05, 4.69) is 5.32 Å². The Morgan fingerprint density at radius 2 is 1.96 bits per heavy atom. The van der Waals surface area contributed by atoms with Crippen LogP contribution in [0.5, 0.6) is 5.75 Å². The van der Waals surface area contributed by atoms with Crippen LogP contribution in [0.4, 0.5) is 20.2 Å². The third-order valence-corrected chi connectivity index (χ3v) is 4.49. The molecule has 2 aromatic carbocycles. The molecule has 1 aromatic heterocycles. The van der Waals surface area contributed by atoms with Crippen molar-refractivity contribution in [3.05, 3.63) is 86.1 Å². The predicted molar refractivity (Wildman–Crippen MR) is 96.1 cm³/mol. The standard InChI is InChI=1S/C18H12F2N2O4S/c19-12-5-6-13(20)14(8-12)21-18(23)17-7-11(10-27-17)9-26-16-4-2-1-3-15(16)22(24)25/h1-8,10H,9H2,(H,21,23). The van der Waals surface area contributed by atoms with Gasteiger partial charge in [-0.05, 0) is 29.6 Å². The molecular weight excluding hydrogens is 378 g/mol. The fourth-order valence-corrected chi connectivity index (χ4v) is 3.03. The van der Waals surface area contributed by atoms with Crippen LogP contribution >= 0.6 is 11.3 Å². The second kappa shape index (κ2) is 7.92. The number of nitrogens with zero attached hydrogens (tertiary/aromatic N) is 1. The van der Waals surface area contributed by atoms with Crippen LogP contribution in [0, 0.1) is 21.7 Å². The number of nitro groups is 1. The minimum absolute atomic E-state index is 0.0168. The van der Waals surface area contributed by atoms with E-state index in [4.69, 9.17) is 4.74 Å². The third-order valence-electron chi connectivity index (χ3n) is 3.51. The number of nitro benzene ring substituents is 1. The molecule has 0 radical (unpaired) electrons. The average Bonchev–Trinajstić information content (AvgIpc) is 3.12. The van der Waals surface area contributed by atoms with Gasteiger partial charge in [0, 0.05) is 17.7 Å². The molecule has 0 aliphatic rings. The van der Waals surface area contributed by atoms with E-state index in [0.717, 1.165) is 29.5 Å². The number of para-hydroxylation sites is 2. The first-order chi connectivity index (χ1) is 12.9. The monoisotopic (exact) mass is 390 g/mol. The van der Waals surface area contributed by atoms with Crippen molar-refractivity contribution in [3.8, 4) is 5.75 Å². The Morgan fingerprint density at radius 3 is 2.74 bits per heavy atom. The molecular formula is C18H12F2N2O4S. The van der Waals surface area contributed by atoms with Gasteiger partial charge in [0.05, 0.1) is 15.5 Å². The molecule has 0 spiro atoms. The van der Waals surface area contributed by atoms with E-state index in [9.17, 15) is 23.7 Å². The highest BCUT2D eigenvalue weighted by atomic mass is 32.1. The molecule has 1 heterocycles. The molecule has 0 saturated heterocycles. The van der Waals surface area contributed by atoms with Crippen molar-refractivity contribution < 1.29 is 23.2 Å². The van der Waals surface area contributed by atoms with Gasteiger partial charge in [-0.3, -0.25) is 14.9 Å². The van der Waals surface area contributed by atoms with Gasteiger partial charge in [-0.1, -0.05) is 12.1 Å². The zero-order valence-corrected chi connectivity index (χ0v) is 14.5. The quantitative estimate of drug-likeness (QED) is 0.486. The molecule has 27 heavy (non-hydrogen) atoms. The Kier molecular flexibility index (Phi) is 5.41. The van der Waals surface area contributed by atoms with Gasteiger partial charge in [0.25, 0.3) is 5.91 Å². The van der Waals surface area contributed by atoms with Crippen LogP contribution in [-0.4, -0.2) is 10.8 Å². The molecule has 138 valence electrons. The fourth-order valence-electron chi connectivity index (χ4n) is 2.24. The molecule has 0 bridgehead atoms. The number of thiophene rings is 1. The van der Waals surface area contributed by atoms with Crippen molar-refractivity contribution in [1.82, 2.24) is 0 Å². The van der Waals surface area contributed by atoms with Gasteiger partial charge in [-0.25, -0.2) is 8.78 Å². The lowest BCUT2D eigenvalue weighted by atomic mass is 10.2. The Labute approximate surface area is 156 Å². The van der Waals surface area contributed by atoms with Gasteiger partial charge in [-0.15, -0.1) is 11.3 Å². The molecule has 3 rings (SSSR count). The van der Waals surface area contributed by atoms with Crippen molar-refractivity contribution in [2.75, 3.05) is 5.32 Å². The summed E-state index contributed by atoms with van der Waals surface area (Å²) >= 11 is 1.09. The minimum atomic E-state index is -0.749. The maximum Gasteiger partial charge on any atom is 0.310 e. The van der Waals surface area contributed by atoms with Gasteiger partial charge in [0.1, 0.15) is 18.2 Å². The number of nitrogens with one attached hydrogen (secondary N) is 1. The highest BCUT2D eigenvalue weighted by Crippen LogP contribution is 2.27. The molecule has 3 aromatic rings. The lowest BCUT2D eigenvalue weighted by Crippen LogP contribution is -2.11. The molecule has 9 heteroatoms. The second-order valence-electron chi connectivity index (χ2n) is 5.41. The zero-order chi connectivity index (χ0) is 19.4. The number of carbonyl (C=O) groups is 1. The lowest BCUT2D eigenvalue weighted by Gasteiger charge is -2.05. The van der Waals surface area contributed by atoms with Crippen LogP contribution in [0.25, 0.3) is 0 Å². The smallest absolute Gasteiger partial charge is 0.310 e. The second-order valence-corrected chi connectivity index (χ2v) is 6.32. The van der Waals surface area contributed by atoms with Crippen LogP contribution < -0.4 is 10.1 Å². The summed E-state index contributed by atoms with van der Waals surface area (Å²) in [5.41, 5.74) is 0.196. The predicted octanol–water partition coefficient (Wildman–Crippen LogP) is 4.77. The molecule has 1 amide bonds. The first-order valence-electron chi connectivity index (χ1n) is 7.64. The molecule has 6 nitrogen and oxygen atoms in total. The molecule has 0 unspecified atom stereocenters. The number of rotatable bonds is 6. The highest BCUT2D eigenvalue weighted by molar-refractivity contribution is 7.12.